The lowest BCUT2D eigenvalue weighted by Gasteiger charge is -2.33. The Morgan fingerprint density at radius 3 is 2.67 bits per heavy atom. The Kier molecular flexibility index (Phi) is 6.83. The van der Waals surface area contributed by atoms with E-state index in [4.69, 9.17) is 0 Å². The Hall–Kier alpha value is -1.84. The molecule has 1 aliphatic rings. The second-order valence-corrected chi connectivity index (χ2v) is 7.10. The van der Waals surface area contributed by atoms with Crippen LogP contribution in [-0.2, 0) is 16.0 Å². The molecule has 2 amide bonds. The summed E-state index contributed by atoms with van der Waals surface area (Å²) >= 11 is 0. The van der Waals surface area contributed by atoms with Gasteiger partial charge in [-0.2, -0.15) is 0 Å². The van der Waals surface area contributed by atoms with Gasteiger partial charge in [-0.15, -0.1) is 0 Å². The van der Waals surface area contributed by atoms with Gasteiger partial charge in [0.1, 0.15) is 0 Å². The number of carbonyl (C=O) groups is 2. The number of carbonyl (C=O) groups excluding carboxylic acids is 2. The molecule has 1 atom stereocenters. The fraction of sp³-hybridized carbons (Fsp3) is 0.600. The largest absolute Gasteiger partial charge is 0.349 e. The summed E-state index contributed by atoms with van der Waals surface area (Å²) in [5, 5.41) is 0. The number of benzene rings is 1. The highest BCUT2D eigenvalue weighted by Crippen LogP contribution is 2.23. The van der Waals surface area contributed by atoms with Crippen LogP contribution in [0.5, 0.6) is 0 Å². The van der Waals surface area contributed by atoms with Crippen LogP contribution in [0.25, 0.3) is 0 Å². The molecule has 2 rings (SSSR count). The summed E-state index contributed by atoms with van der Waals surface area (Å²) in [6.07, 6.45) is 5.14. The third-order valence-corrected chi connectivity index (χ3v) is 5.01. The number of likely N-dealkylation sites (tertiary alicyclic amines) is 1. The molecule has 1 heterocycles. The van der Waals surface area contributed by atoms with E-state index in [-0.39, 0.29) is 11.8 Å². The third kappa shape index (κ3) is 5.36. The summed E-state index contributed by atoms with van der Waals surface area (Å²) in [7, 11) is 3.46. The SMILES string of the molecule is Cc1ccccc1CC[C@@H]1CCCN(C(=O)CCC(=O)N(C)C)C1. The second-order valence-electron chi connectivity index (χ2n) is 7.10. The maximum absolute atomic E-state index is 12.4. The van der Waals surface area contributed by atoms with Crippen LogP contribution in [0, 0.1) is 12.8 Å². The summed E-state index contributed by atoms with van der Waals surface area (Å²) in [6.45, 7) is 3.85. The van der Waals surface area contributed by atoms with Gasteiger partial charge in [0, 0.05) is 40.0 Å². The maximum atomic E-state index is 12.4. The smallest absolute Gasteiger partial charge is 0.223 e. The van der Waals surface area contributed by atoms with E-state index in [1.807, 2.05) is 4.90 Å². The average Bonchev–Trinajstić information content (AvgIpc) is 2.58. The van der Waals surface area contributed by atoms with Gasteiger partial charge >= 0.3 is 0 Å². The van der Waals surface area contributed by atoms with Crippen molar-refractivity contribution < 1.29 is 9.59 Å². The predicted octanol–water partition coefficient (Wildman–Crippen LogP) is 3.03. The third-order valence-electron chi connectivity index (χ3n) is 5.01. The van der Waals surface area contributed by atoms with Crippen LogP contribution in [0.3, 0.4) is 0 Å². The quantitative estimate of drug-likeness (QED) is 0.804. The molecular weight excluding hydrogens is 300 g/mol. The molecule has 0 radical (unpaired) electrons. The molecule has 1 saturated heterocycles. The first kappa shape index (κ1) is 18.5. The van der Waals surface area contributed by atoms with Crippen molar-refractivity contribution in [3.8, 4) is 0 Å². The molecule has 0 aromatic heterocycles. The van der Waals surface area contributed by atoms with Crippen LogP contribution >= 0.6 is 0 Å². The van der Waals surface area contributed by atoms with Gasteiger partial charge < -0.3 is 9.80 Å². The molecule has 4 nitrogen and oxygen atoms in total. The van der Waals surface area contributed by atoms with Gasteiger partial charge in [-0.05, 0) is 49.7 Å². The molecule has 1 aromatic rings. The first-order valence-electron chi connectivity index (χ1n) is 9.00. The summed E-state index contributed by atoms with van der Waals surface area (Å²) < 4.78 is 0. The Balaban J connectivity index is 1.80. The lowest BCUT2D eigenvalue weighted by molar-refractivity contribution is -0.137. The van der Waals surface area contributed by atoms with Crippen LogP contribution in [0.15, 0.2) is 24.3 Å². The van der Waals surface area contributed by atoms with Crippen molar-refractivity contribution in [2.24, 2.45) is 5.92 Å². The van der Waals surface area contributed by atoms with Crippen LogP contribution in [-0.4, -0.2) is 48.8 Å². The van der Waals surface area contributed by atoms with E-state index in [1.54, 1.807) is 19.0 Å². The highest BCUT2D eigenvalue weighted by Gasteiger charge is 2.24. The zero-order valence-electron chi connectivity index (χ0n) is 15.3. The van der Waals surface area contributed by atoms with Crippen molar-refractivity contribution in [1.82, 2.24) is 9.80 Å². The minimum atomic E-state index is 0.0245. The minimum Gasteiger partial charge on any atom is -0.349 e. The van der Waals surface area contributed by atoms with Crippen molar-refractivity contribution >= 4 is 11.8 Å². The molecule has 0 bridgehead atoms. The number of aryl methyl sites for hydroxylation is 2. The van der Waals surface area contributed by atoms with E-state index in [9.17, 15) is 9.59 Å². The molecule has 0 N–H and O–H groups in total. The number of amides is 2. The summed E-state index contributed by atoms with van der Waals surface area (Å²) in [4.78, 5) is 27.5. The van der Waals surface area contributed by atoms with Gasteiger partial charge in [-0.3, -0.25) is 9.59 Å². The van der Waals surface area contributed by atoms with E-state index in [2.05, 4.69) is 31.2 Å². The van der Waals surface area contributed by atoms with Crippen molar-refractivity contribution in [2.45, 2.75) is 45.4 Å². The van der Waals surface area contributed by atoms with E-state index < -0.39 is 0 Å². The fourth-order valence-electron chi connectivity index (χ4n) is 3.37. The van der Waals surface area contributed by atoms with E-state index >= 15 is 0 Å². The molecule has 24 heavy (non-hydrogen) atoms. The van der Waals surface area contributed by atoms with E-state index in [1.165, 1.54) is 17.5 Å². The molecular formula is C20H30N2O2. The Morgan fingerprint density at radius 2 is 1.96 bits per heavy atom. The lowest BCUT2D eigenvalue weighted by atomic mass is 9.90. The maximum Gasteiger partial charge on any atom is 0.223 e. The molecule has 0 spiro atoms. The monoisotopic (exact) mass is 330 g/mol. The second kappa shape index (κ2) is 8.86. The molecule has 132 valence electrons. The number of piperidine rings is 1. The van der Waals surface area contributed by atoms with Crippen LogP contribution in [0.4, 0.5) is 0 Å². The van der Waals surface area contributed by atoms with E-state index in [0.717, 1.165) is 32.4 Å². The number of nitrogens with zero attached hydrogens (tertiary/aromatic N) is 2. The van der Waals surface area contributed by atoms with Gasteiger partial charge in [0.25, 0.3) is 0 Å². The Labute approximate surface area is 145 Å². The van der Waals surface area contributed by atoms with Gasteiger partial charge in [0.2, 0.25) is 11.8 Å². The van der Waals surface area contributed by atoms with Gasteiger partial charge in [-0.1, -0.05) is 24.3 Å². The fourth-order valence-corrected chi connectivity index (χ4v) is 3.37. The molecule has 0 aliphatic carbocycles. The number of rotatable bonds is 6. The Bertz CT molecular complexity index is 569. The summed E-state index contributed by atoms with van der Waals surface area (Å²) in [6, 6.07) is 8.54. The van der Waals surface area contributed by atoms with Crippen LogP contribution < -0.4 is 0 Å². The first-order valence-corrected chi connectivity index (χ1v) is 9.00. The molecule has 1 aliphatic heterocycles. The summed E-state index contributed by atoms with van der Waals surface area (Å²) in [5.41, 5.74) is 2.76. The molecule has 0 saturated carbocycles. The lowest BCUT2D eigenvalue weighted by Crippen LogP contribution is -2.40. The van der Waals surface area contributed by atoms with Crippen molar-refractivity contribution in [3.63, 3.8) is 0 Å². The van der Waals surface area contributed by atoms with Gasteiger partial charge in [0.05, 0.1) is 0 Å². The minimum absolute atomic E-state index is 0.0245. The van der Waals surface area contributed by atoms with Crippen molar-refractivity contribution in [1.29, 1.82) is 0 Å². The van der Waals surface area contributed by atoms with Crippen molar-refractivity contribution in [3.05, 3.63) is 35.4 Å². The predicted molar refractivity (Wildman–Crippen MR) is 96.7 cm³/mol. The topological polar surface area (TPSA) is 40.6 Å². The van der Waals surface area contributed by atoms with E-state index in [0.29, 0.717) is 18.8 Å². The Morgan fingerprint density at radius 1 is 1.21 bits per heavy atom. The normalized spacial score (nSPS) is 17.6. The van der Waals surface area contributed by atoms with Gasteiger partial charge in [0.15, 0.2) is 0 Å². The standard InChI is InChI=1S/C20H30N2O2/c1-16-7-4-5-9-18(16)11-10-17-8-6-14-22(15-17)20(24)13-12-19(23)21(2)3/h4-5,7,9,17H,6,8,10-15H2,1-3H3/t17-/m0/s1. The number of hydrogen-bond acceptors (Lipinski definition) is 2. The first-order chi connectivity index (χ1) is 11.5. The van der Waals surface area contributed by atoms with Crippen molar-refractivity contribution in [2.75, 3.05) is 27.2 Å². The number of hydrogen-bond donors (Lipinski definition) is 0. The zero-order valence-corrected chi connectivity index (χ0v) is 15.3. The van der Waals surface area contributed by atoms with Gasteiger partial charge in [-0.25, -0.2) is 0 Å². The van der Waals surface area contributed by atoms with Crippen LogP contribution in [0.1, 0.15) is 43.2 Å². The molecule has 4 heteroatoms. The van der Waals surface area contributed by atoms with Crippen LogP contribution in [0.2, 0.25) is 0 Å². The zero-order chi connectivity index (χ0) is 17.5. The highest BCUT2D eigenvalue weighted by atomic mass is 16.2. The molecule has 0 unspecified atom stereocenters. The molecule has 1 aromatic carbocycles. The molecule has 1 fully saturated rings. The average molecular weight is 330 g/mol. The highest BCUT2D eigenvalue weighted by molar-refractivity contribution is 5.83. The summed E-state index contributed by atoms with van der Waals surface area (Å²) in [5.74, 6) is 0.731.